The monoisotopic (exact) mass is 378 g/mol. The molecule has 0 aliphatic carbocycles. The molecule has 1 fully saturated rings. The van der Waals surface area contributed by atoms with Crippen LogP contribution in [0.1, 0.15) is 17.3 Å². The molecule has 0 bridgehead atoms. The first-order valence-electron chi connectivity index (χ1n) is 9.20. The van der Waals surface area contributed by atoms with Gasteiger partial charge in [-0.2, -0.15) is 0 Å². The minimum absolute atomic E-state index is 0.109. The third-order valence-electron chi connectivity index (χ3n) is 4.77. The summed E-state index contributed by atoms with van der Waals surface area (Å²) in [5, 5.41) is 8.34. The van der Waals surface area contributed by atoms with E-state index in [9.17, 15) is 4.79 Å². The standard InChI is InChI=1S/C21H22N4O3/c1-27-20-9-5-6-16(10-20)11-21(26)24-13-18(14-24)25-12-17(22-23-25)15-28-19-7-3-2-4-8-19/h2-10,12,18H,11,13-15H2,1H3. The van der Waals surface area contributed by atoms with Crippen molar-refractivity contribution in [3.63, 3.8) is 0 Å². The molecule has 7 nitrogen and oxygen atoms in total. The fraction of sp³-hybridized carbons (Fsp3) is 0.286. The number of nitrogens with zero attached hydrogens (tertiary/aromatic N) is 4. The van der Waals surface area contributed by atoms with Gasteiger partial charge in [0.25, 0.3) is 0 Å². The maximum atomic E-state index is 12.5. The Morgan fingerprint density at radius 2 is 1.89 bits per heavy atom. The van der Waals surface area contributed by atoms with Gasteiger partial charge in [0.2, 0.25) is 5.91 Å². The predicted octanol–water partition coefficient (Wildman–Crippen LogP) is 2.49. The van der Waals surface area contributed by atoms with Crippen molar-refractivity contribution in [3.05, 3.63) is 72.1 Å². The zero-order valence-corrected chi connectivity index (χ0v) is 15.7. The maximum absolute atomic E-state index is 12.5. The van der Waals surface area contributed by atoms with Crippen LogP contribution in [0.3, 0.4) is 0 Å². The van der Waals surface area contributed by atoms with E-state index in [0.717, 1.165) is 22.8 Å². The minimum Gasteiger partial charge on any atom is -0.497 e. The topological polar surface area (TPSA) is 69.5 Å². The molecule has 4 rings (SSSR count). The van der Waals surface area contributed by atoms with E-state index in [-0.39, 0.29) is 11.9 Å². The summed E-state index contributed by atoms with van der Waals surface area (Å²) in [5.74, 6) is 1.67. The van der Waals surface area contributed by atoms with Crippen molar-refractivity contribution in [2.75, 3.05) is 20.2 Å². The van der Waals surface area contributed by atoms with Gasteiger partial charge in [-0.15, -0.1) is 5.10 Å². The molecule has 1 amide bonds. The number of carbonyl (C=O) groups is 1. The maximum Gasteiger partial charge on any atom is 0.227 e. The van der Waals surface area contributed by atoms with Crippen molar-refractivity contribution < 1.29 is 14.3 Å². The number of para-hydroxylation sites is 1. The summed E-state index contributed by atoms with van der Waals surface area (Å²) in [6.45, 7) is 1.66. The van der Waals surface area contributed by atoms with Gasteiger partial charge in [-0.3, -0.25) is 4.79 Å². The molecule has 7 heteroatoms. The molecule has 28 heavy (non-hydrogen) atoms. The molecular weight excluding hydrogens is 356 g/mol. The fourth-order valence-electron chi connectivity index (χ4n) is 3.13. The highest BCUT2D eigenvalue weighted by molar-refractivity contribution is 5.79. The van der Waals surface area contributed by atoms with Gasteiger partial charge in [0, 0.05) is 13.1 Å². The summed E-state index contributed by atoms with van der Waals surface area (Å²) >= 11 is 0. The molecule has 1 saturated heterocycles. The van der Waals surface area contributed by atoms with Crippen LogP contribution in [-0.4, -0.2) is 46.0 Å². The van der Waals surface area contributed by atoms with Crippen molar-refractivity contribution in [1.82, 2.24) is 19.9 Å². The molecule has 2 heterocycles. The Labute approximate surface area is 163 Å². The smallest absolute Gasteiger partial charge is 0.227 e. The Morgan fingerprint density at radius 3 is 2.68 bits per heavy atom. The number of ether oxygens (including phenoxy) is 2. The quantitative estimate of drug-likeness (QED) is 0.632. The highest BCUT2D eigenvalue weighted by Crippen LogP contribution is 2.22. The Bertz CT molecular complexity index is 936. The molecule has 1 aromatic heterocycles. The molecule has 0 spiro atoms. The normalized spacial score (nSPS) is 13.8. The summed E-state index contributed by atoms with van der Waals surface area (Å²) in [6.07, 6.45) is 2.26. The van der Waals surface area contributed by atoms with E-state index < -0.39 is 0 Å². The van der Waals surface area contributed by atoms with Crippen molar-refractivity contribution in [2.45, 2.75) is 19.1 Å². The van der Waals surface area contributed by atoms with Crippen molar-refractivity contribution in [3.8, 4) is 11.5 Å². The van der Waals surface area contributed by atoms with Gasteiger partial charge >= 0.3 is 0 Å². The third-order valence-corrected chi connectivity index (χ3v) is 4.77. The van der Waals surface area contributed by atoms with Crippen LogP contribution in [0.2, 0.25) is 0 Å². The minimum atomic E-state index is 0.109. The first-order valence-corrected chi connectivity index (χ1v) is 9.20. The van der Waals surface area contributed by atoms with E-state index in [1.54, 1.807) is 7.11 Å². The molecule has 1 aliphatic heterocycles. The second kappa shape index (κ2) is 8.12. The molecule has 3 aromatic rings. The first kappa shape index (κ1) is 18.0. The highest BCUT2D eigenvalue weighted by Gasteiger charge is 2.32. The Balaban J connectivity index is 1.26. The van der Waals surface area contributed by atoms with Crippen LogP contribution >= 0.6 is 0 Å². The summed E-state index contributed by atoms with van der Waals surface area (Å²) in [5.41, 5.74) is 1.72. The van der Waals surface area contributed by atoms with Gasteiger partial charge in [0.1, 0.15) is 23.8 Å². The number of methoxy groups -OCH3 is 1. The number of amides is 1. The lowest BCUT2D eigenvalue weighted by molar-refractivity contribution is -0.136. The molecule has 0 N–H and O–H groups in total. The Hall–Kier alpha value is -3.35. The van der Waals surface area contributed by atoms with Gasteiger partial charge in [-0.1, -0.05) is 35.5 Å². The van der Waals surface area contributed by atoms with Gasteiger partial charge in [0.15, 0.2) is 0 Å². The molecule has 2 aromatic carbocycles. The van der Waals surface area contributed by atoms with Crippen LogP contribution < -0.4 is 9.47 Å². The van der Waals surface area contributed by atoms with Crippen LogP contribution in [0.15, 0.2) is 60.8 Å². The number of likely N-dealkylation sites (tertiary alicyclic amines) is 1. The van der Waals surface area contributed by atoms with Crippen molar-refractivity contribution >= 4 is 5.91 Å². The number of hydrogen-bond donors (Lipinski definition) is 0. The Kier molecular flexibility index (Phi) is 5.23. The van der Waals surface area contributed by atoms with Crippen LogP contribution in [0.5, 0.6) is 11.5 Å². The molecule has 0 saturated carbocycles. The number of rotatable bonds is 7. The zero-order chi connectivity index (χ0) is 19.3. The van der Waals surface area contributed by atoms with Crippen LogP contribution in [-0.2, 0) is 17.8 Å². The summed E-state index contributed by atoms with van der Waals surface area (Å²) in [4.78, 5) is 14.3. The van der Waals surface area contributed by atoms with Crippen molar-refractivity contribution in [2.24, 2.45) is 0 Å². The zero-order valence-electron chi connectivity index (χ0n) is 15.7. The third kappa shape index (κ3) is 4.14. The molecule has 144 valence electrons. The van der Waals surface area contributed by atoms with Gasteiger partial charge in [0.05, 0.1) is 25.8 Å². The van der Waals surface area contributed by atoms with Gasteiger partial charge in [-0.05, 0) is 29.8 Å². The summed E-state index contributed by atoms with van der Waals surface area (Å²) < 4.78 is 12.7. The Morgan fingerprint density at radius 1 is 1.11 bits per heavy atom. The molecule has 0 radical (unpaired) electrons. The number of carbonyl (C=O) groups excluding carboxylic acids is 1. The largest absolute Gasteiger partial charge is 0.497 e. The van der Waals surface area contributed by atoms with Gasteiger partial charge < -0.3 is 14.4 Å². The second-order valence-corrected chi connectivity index (χ2v) is 6.77. The van der Waals surface area contributed by atoms with E-state index in [1.165, 1.54) is 0 Å². The summed E-state index contributed by atoms with van der Waals surface area (Å²) in [7, 11) is 1.62. The summed E-state index contributed by atoms with van der Waals surface area (Å²) in [6, 6.07) is 17.4. The van der Waals surface area contributed by atoms with E-state index in [0.29, 0.717) is 26.1 Å². The van der Waals surface area contributed by atoms with E-state index in [1.807, 2.05) is 70.4 Å². The molecular formula is C21H22N4O3. The van der Waals surface area contributed by atoms with Crippen LogP contribution in [0.25, 0.3) is 0 Å². The van der Waals surface area contributed by atoms with Crippen LogP contribution in [0.4, 0.5) is 0 Å². The van der Waals surface area contributed by atoms with Crippen LogP contribution in [0, 0.1) is 0 Å². The fourth-order valence-corrected chi connectivity index (χ4v) is 3.13. The average Bonchev–Trinajstić information content (AvgIpc) is 3.14. The highest BCUT2D eigenvalue weighted by atomic mass is 16.5. The first-order chi connectivity index (χ1) is 13.7. The average molecular weight is 378 g/mol. The predicted molar refractivity (Wildman–Crippen MR) is 103 cm³/mol. The second-order valence-electron chi connectivity index (χ2n) is 6.77. The lowest BCUT2D eigenvalue weighted by atomic mass is 10.1. The van der Waals surface area contributed by atoms with Gasteiger partial charge in [-0.25, -0.2) is 4.68 Å². The van der Waals surface area contributed by atoms with Crippen molar-refractivity contribution in [1.29, 1.82) is 0 Å². The molecule has 0 unspecified atom stereocenters. The van der Waals surface area contributed by atoms with E-state index in [2.05, 4.69) is 10.3 Å². The SMILES string of the molecule is COc1cccc(CC(=O)N2CC(n3cc(COc4ccccc4)nn3)C2)c1. The lowest BCUT2D eigenvalue weighted by Gasteiger charge is -2.39. The number of aromatic nitrogens is 3. The number of hydrogen-bond acceptors (Lipinski definition) is 5. The number of benzene rings is 2. The lowest BCUT2D eigenvalue weighted by Crippen LogP contribution is -2.51. The van der Waals surface area contributed by atoms with E-state index in [4.69, 9.17) is 9.47 Å². The van der Waals surface area contributed by atoms with E-state index >= 15 is 0 Å². The molecule has 0 atom stereocenters. The molecule has 1 aliphatic rings.